The maximum atomic E-state index is 13.9. The van der Waals surface area contributed by atoms with E-state index in [1.807, 2.05) is 0 Å². The van der Waals surface area contributed by atoms with E-state index in [4.69, 9.17) is 16.3 Å². The van der Waals surface area contributed by atoms with E-state index in [1.165, 1.54) is 11.8 Å². The number of aliphatic hydroxyl groups excluding tert-OH is 1. The van der Waals surface area contributed by atoms with Crippen molar-refractivity contribution < 1.29 is 19.0 Å². The number of carbonyl (C=O) groups excluding carboxylic acids is 1. The molecule has 1 heterocycles. The highest BCUT2D eigenvalue weighted by Gasteiger charge is 2.28. The van der Waals surface area contributed by atoms with Crippen LogP contribution in [-0.2, 0) is 4.74 Å². The van der Waals surface area contributed by atoms with Gasteiger partial charge in [0.15, 0.2) is 0 Å². The van der Waals surface area contributed by atoms with Gasteiger partial charge in [-0.25, -0.2) is 9.18 Å². The van der Waals surface area contributed by atoms with Crippen molar-refractivity contribution in [3.8, 4) is 0 Å². The lowest BCUT2D eigenvalue weighted by Gasteiger charge is -2.23. The van der Waals surface area contributed by atoms with Crippen LogP contribution in [0.1, 0.15) is 35.4 Å². The lowest BCUT2D eigenvalue weighted by atomic mass is 10.0. The standard InChI is InChI=1S/C12H12ClFO3S/c1-2-17-12(16)6-5-7(14)11-9(10(6)13)8(15)3-4-18-11/h5,8,15H,2-4H2,1H3. The third kappa shape index (κ3) is 2.35. The quantitative estimate of drug-likeness (QED) is 0.850. The molecule has 1 aliphatic rings. The second-order valence-corrected chi connectivity index (χ2v) is 5.32. The SMILES string of the molecule is CCOC(=O)c1cc(F)c2c(c1Cl)C(O)CCS2. The third-order valence-electron chi connectivity index (χ3n) is 2.67. The average molecular weight is 291 g/mol. The smallest absolute Gasteiger partial charge is 0.339 e. The fourth-order valence-electron chi connectivity index (χ4n) is 1.85. The first-order valence-electron chi connectivity index (χ1n) is 5.56. The summed E-state index contributed by atoms with van der Waals surface area (Å²) in [5.74, 6) is -0.589. The molecule has 98 valence electrons. The van der Waals surface area contributed by atoms with Crippen LogP contribution in [0.2, 0.25) is 5.02 Å². The Morgan fingerprint density at radius 2 is 2.44 bits per heavy atom. The largest absolute Gasteiger partial charge is 0.462 e. The van der Waals surface area contributed by atoms with Crippen molar-refractivity contribution in [2.75, 3.05) is 12.4 Å². The summed E-state index contributed by atoms with van der Waals surface area (Å²) < 4.78 is 18.7. The van der Waals surface area contributed by atoms with Crippen LogP contribution in [-0.4, -0.2) is 23.4 Å². The number of hydrogen-bond acceptors (Lipinski definition) is 4. The molecule has 0 aliphatic carbocycles. The first kappa shape index (κ1) is 13.6. The van der Waals surface area contributed by atoms with Gasteiger partial charge < -0.3 is 9.84 Å². The molecule has 0 fully saturated rings. The van der Waals surface area contributed by atoms with E-state index in [9.17, 15) is 14.3 Å². The monoisotopic (exact) mass is 290 g/mol. The number of hydrogen-bond donors (Lipinski definition) is 1. The number of rotatable bonds is 2. The topological polar surface area (TPSA) is 46.5 Å². The number of aliphatic hydroxyl groups is 1. The predicted octanol–water partition coefficient (Wildman–Crippen LogP) is 3.19. The second-order valence-electron chi connectivity index (χ2n) is 3.84. The Balaban J connectivity index is 2.54. The minimum Gasteiger partial charge on any atom is -0.462 e. The summed E-state index contributed by atoms with van der Waals surface area (Å²) in [5.41, 5.74) is 0.271. The molecule has 0 aromatic heterocycles. The molecule has 0 bridgehead atoms. The minimum absolute atomic E-state index is 0.0312. The molecule has 0 radical (unpaired) electrons. The Bertz CT molecular complexity index is 493. The molecule has 6 heteroatoms. The number of esters is 1. The molecule has 1 unspecified atom stereocenters. The fourth-order valence-corrected chi connectivity index (χ4v) is 3.39. The molecule has 0 spiro atoms. The van der Waals surface area contributed by atoms with Crippen molar-refractivity contribution in [1.82, 2.24) is 0 Å². The molecule has 1 atom stereocenters. The van der Waals surface area contributed by atoms with Crippen LogP contribution in [0.3, 0.4) is 0 Å². The van der Waals surface area contributed by atoms with Gasteiger partial charge in [0.25, 0.3) is 0 Å². The highest BCUT2D eigenvalue weighted by Crippen LogP contribution is 2.43. The molecule has 0 saturated carbocycles. The van der Waals surface area contributed by atoms with E-state index in [-0.39, 0.29) is 17.2 Å². The number of thioether (sulfide) groups is 1. The summed E-state index contributed by atoms with van der Waals surface area (Å²) in [4.78, 5) is 12.0. The first-order valence-corrected chi connectivity index (χ1v) is 6.92. The number of fused-ring (bicyclic) bond motifs is 1. The number of benzene rings is 1. The van der Waals surface area contributed by atoms with Crippen molar-refractivity contribution in [3.05, 3.63) is 28.0 Å². The van der Waals surface area contributed by atoms with Crippen molar-refractivity contribution in [1.29, 1.82) is 0 Å². The van der Waals surface area contributed by atoms with E-state index >= 15 is 0 Å². The van der Waals surface area contributed by atoms with Gasteiger partial charge >= 0.3 is 5.97 Å². The van der Waals surface area contributed by atoms with Gasteiger partial charge in [0, 0.05) is 11.3 Å². The zero-order valence-electron chi connectivity index (χ0n) is 9.70. The van der Waals surface area contributed by atoms with Crippen molar-refractivity contribution in [2.24, 2.45) is 0 Å². The Morgan fingerprint density at radius 3 is 3.11 bits per heavy atom. The van der Waals surface area contributed by atoms with E-state index in [0.29, 0.717) is 22.6 Å². The van der Waals surface area contributed by atoms with E-state index < -0.39 is 17.9 Å². The minimum atomic E-state index is -0.836. The van der Waals surface area contributed by atoms with Gasteiger partial charge in [-0.05, 0) is 19.4 Å². The van der Waals surface area contributed by atoms with Gasteiger partial charge in [0.2, 0.25) is 0 Å². The Kier molecular flexibility index (Phi) is 4.14. The van der Waals surface area contributed by atoms with Gasteiger partial charge in [0.1, 0.15) is 5.82 Å². The van der Waals surface area contributed by atoms with Crippen LogP contribution >= 0.6 is 23.4 Å². The third-order valence-corrected chi connectivity index (χ3v) is 4.22. The van der Waals surface area contributed by atoms with Crippen LogP contribution in [0.15, 0.2) is 11.0 Å². The summed E-state index contributed by atoms with van der Waals surface area (Å²) in [6.07, 6.45) is -0.346. The fraction of sp³-hybridized carbons (Fsp3) is 0.417. The number of ether oxygens (including phenoxy) is 1. The summed E-state index contributed by atoms with van der Waals surface area (Å²) in [7, 11) is 0. The predicted molar refractivity (Wildman–Crippen MR) is 67.7 cm³/mol. The molecule has 0 amide bonds. The zero-order chi connectivity index (χ0) is 13.3. The molecule has 0 saturated heterocycles. The van der Waals surface area contributed by atoms with Gasteiger partial charge in [-0.2, -0.15) is 0 Å². The average Bonchev–Trinajstić information content (AvgIpc) is 2.33. The molecule has 1 aromatic rings. The van der Waals surface area contributed by atoms with E-state index in [2.05, 4.69) is 0 Å². The van der Waals surface area contributed by atoms with E-state index in [0.717, 1.165) is 6.07 Å². The van der Waals surface area contributed by atoms with Crippen LogP contribution in [0.5, 0.6) is 0 Å². The highest BCUT2D eigenvalue weighted by atomic mass is 35.5. The number of halogens is 2. The highest BCUT2D eigenvalue weighted by molar-refractivity contribution is 7.99. The molecule has 18 heavy (non-hydrogen) atoms. The Morgan fingerprint density at radius 1 is 1.72 bits per heavy atom. The lowest BCUT2D eigenvalue weighted by Crippen LogP contribution is -2.14. The van der Waals surface area contributed by atoms with Crippen molar-refractivity contribution in [3.63, 3.8) is 0 Å². The summed E-state index contributed by atoms with van der Waals surface area (Å²) in [5, 5.41) is 9.97. The molecule has 1 aromatic carbocycles. The van der Waals surface area contributed by atoms with Crippen LogP contribution in [0.4, 0.5) is 4.39 Å². The normalized spacial score (nSPS) is 18.3. The Labute approximate surface area is 113 Å². The Hall–Kier alpha value is -0.780. The van der Waals surface area contributed by atoms with E-state index in [1.54, 1.807) is 6.92 Å². The summed E-state index contributed by atoms with van der Waals surface area (Å²) in [6, 6.07) is 1.07. The van der Waals surface area contributed by atoms with Crippen LogP contribution in [0.25, 0.3) is 0 Å². The van der Waals surface area contributed by atoms with Gasteiger partial charge in [-0.15, -0.1) is 11.8 Å². The summed E-state index contributed by atoms with van der Waals surface area (Å²) in [6.45, 7) is 1.84. The molecule has 1 aliphatic heterocycles. The summed E-state index contributed by atoms with van der Waals surface area (Å²) >= 11 is 7.38. The maximum absolute atomic E-state index is 13.9. The zero-order valence-corrected chi connectivity index (χ0v) is 11.3. The van der Waals surface area contributed by atoms with Crippen molar-refractivity contribution >= 4 is 29.3 Å². The lowest BCUT2D eigenvalue weighted by molar-refractivity contribution is 0.0525. The maximum Gasteiger partial charge on any atom is 0.339 e. The van der Waals surface area contributed by atoms with Crippen LogP contribution < -0.4 is 0 Å². The second kappa shape index (κ2) is 5.47. The van der Waals surface area contributed by atoms with Gasteiger partial charge in [0.05, 0.1) is 28.2 Å². The van der Waals surface area contributed by atoms with Gasteiger partial charge in [-0.3, -0.25) is 0 Å². The first-order chi connectivity index (χ1) is 8.56. The van der Waals surface area contributed by atoms with Crippen molar-refractivity contribution in [2.45, 2.75) is 24.3 Å². The molecule has 3 nitrogen and oxygen atoms in total. The number of carbonyl (C=O) groups is 1. The molecular weight excluding hydrogens is 279 g/mol. The molecular formula is C12H12ClFO3S. The van der Waals surface area contributed by atoms with Gasteiger partial charge in [-0.1, -0.05) is 11.6 Å². The molecule has 1 N–H and O–H groups in total. The van der Waals surface area contributed by atoms with Crippen LogP contribution in [0, 0.1) is 5.82 Å². The molecule has 2 rings (SSSR count).